The molecule has 0 amide bonds. The average molecular weight is 446 g/mol. The molecule has 0 N–H and O–H groups in total. The van der Waals surface area contributed by atoms with Crippen LogP contribution in [0.15, 0.2) is 42.5 Å². The van der Waals surface area contributed by atoms with Crippen LogP contribution in [0.1, 0.15) is 38.9 Å². The first-order chi connectivity index (χ1) is 15.3. The third kappa shape index (κ3) is 5.91. The summed E-state index contributed by atoms with van der Waals surface area (Å²) in [6.45, 7) is 14.4. The second kappa shape index (κ2) is 9.52. The SMILES string of the molecule is Cc1cc(C)c(OB(Oc2ccc([N+](C)(C)C)cc2C)Oc2c(C)cc(C)cc2C)c(C)c1. The van der Waals surface area contributed by atoms with E-state index >= 15 is 0 Å². The third-order valence-corrected chi connectivity index (χ3v) is 5.79. The quantitative estimate of drug-likeness (QED) is 0.304. The average Bonchev–Trinajstić information content (AvgIpc) is 2.67. The maximum Gasteiger partial charge on any atom is 0.864 e. The van der Waals surface area contributed by atoms with Crippen molar-refractivity contribution in [1.82, 2.24) is 4.48 Å². The molecule has 5 heteroatoms. The first kappa shape index (κ1) is 24.7. The number of aryl methyl sites for hydroxylation is 7. The van der Waals surface area contributed by atoms with E-state index in [0.717, 1.165) is 49.5 Å². The first-order valence-corrected chi connectivity index (χ1v) is 11.4. The van der Waals surface area contributed by atoms with Crippen molar-refractivity contribution in [3.63, 3.8) is 0 Å². The summed E-state index contributed by atoms with van der Waals surface area (Å²) in [6.07, 6.45) is 0. The van der Waals surface area contributed by atoms with Crippen molar-refractivity contribution < 1.29 is 14.0 Å². The minimum absolute atomic E-state index is 0.737. The number of benzene rings is 3. The molecule has 3 aromatic carbocycles. The summed E-state index contributed by atoms with van der Waals surface area (Å²) in [4.78, 5) is 0. The molecule has 4 nitrogen and oxygen atoms in total. The van der Waals surface area contributed by atoms with Gasteiger partial charge in [0.05, 0.1) is 21.1 Å². The molecule has 0 unspecified atom stereocenters. The number of nitrogens with zero attached hydrogens (tertiary/aromatic N) is 1. The fourth-order valence-corrected chi connectivity index (χ4v) is 4.26. The normalized spacial score (nSPS) is 11.3. The Morgan fingerprint density at radius 1 is 0.545 bits per heavy atom. The first-order valence-electron chi connectivity index (χ1n) is 11.4. The van der Waals surface area contributed by atoms with E-state index < -0.39 is 7.32 Å². The highest BCUT2D eigenvalue weighted by atomic mass is 16.7. The molecule has 0 saturated heterocycles. The monoisotopic (exact) mass is 446 g/mol. The Balaban J connectivity index is 1.99. The van der Waals surface area contributed by atoms with Crippen molar-refractivity contribution in [3.05, 3.63) is 81.4 Å². The standard InChI is InChI=1S/C28H37BNO3/c1-18-13-21(4)27(22(5)14-18)32-29(33-28-23(6)15-19(2)16-24(28)7)31-26-12-11-25(17-20(26)3)30(8,9)10/h11-17H,1-10H3/q+1. The van der Waals surface area contributed by atoms with Gasteiger partial charge in [-0.05, 0) is 82.3 Å². The van der Waals surface area contributed by atoms with E-state index in [1.807, 2.05) is 6.07 Å². The lowest BCUT2D eigenvalue weighted by Crippen LogP contribution is -2.38. The van der Waals surface area contributed by atoms with Gasteiger partial charge in [0, 0.05) is 12.1 Å². The van der Waals surface area contributed by atoms with Crippen molar-refractivity contribution in [2.45, 2.75) is 48.5 Å². The van der Waals surface area contributed by atoms with Crippen LogP contribution in [0, 0.1) is 48.5 Å². The van der Waals surface area contributed by atoms with E-state index in [-0.39, 0.29) is 0 Å². The van der Waals surface area contributed by atoms with Crippen LogP contribution in [0.4, 0.5) is 5.69 Å². The minimum atomic E-state index is -0.932. The van der Waals surface area contributed by atoms with Crippen molar-refractivity contribution in [2.24, 2.45) is 0 Å². The topological polar surface area (TPSA) is 27.7 Å². The second-order valence-electron chi connectivity index (χ2n) is 10.1. The summed E-state index contributed by atoms with van der Waals surface area (Å²) in [5.74, 6) is 2.31. The van der Waals surface area contributed by atoms with Crippen LogP contribution in [0.2, 0.25) is 0 Å². The molecule has 174 valence electrons. The van der Waals surface area contributed by atoms with Gasteiger partial charge in [0.25, 0.3) is 0 Å². The zero-order valence-electron chi connectivity index (χ0n) is 21.8. The van der Waals surface area contributed by atoms with Crippen molar-refractivity contribution in [2.75, 3.05) is 21.1 Å². The molecule has 0 spiro atoms. The van der Waals surface area contributed by atoms with E-state index in [4.69, 9.17) is 14.0 Å². The van der Waals surface area contributed by atoms with Gasteiger partial charge in [-0.3, -0.25) is 4.48 Å². The lowest BCUT2D eigenvalue weighted by molar-refractivity contribution is 0.302. The highest BCUT2D eigenvalue weighted by Crippen LogP contribution is 2.31. The molecule has 0 fully saturated rings. The molecule has 0 bridgehead atoms. The smallest absolute Gasteiger partial charge is 0.489 e. The highest BCUT2D eigenvalue weighted by molar-refractivity contribution is 6.39. The van der Waals surface area contributed by atoms with E-state index in [2.05, 4.69) is 106 Å². The molecule has 0 aliphatic rings. The fourth-order valence-electron chi connectivity index (χ4n) is 4.26. The van der Waals surface area contributed by atoms with Gasteiger partial charge >= 0.3 is 7.32 Å². The molecule has 0 aromatic heterocycles. The number of hydrogen-bond acceptors (Lipinski definition) is 3. The van der Waals surface area contributed by atoms with E-state index in [9.17, 15) is 0 Å². The molecule has 33 heavy (non-hydrogen) atoms. The molecule has 3 rings (SSSR count). The van der Waals surface area contributed by atoms with Crippen molar-refractivity contribution in [3.8, 4) is 17.2 Å². The molecule has 0 aliphatic heterocycles. The zero-order valence-corrected chi connectivity index (χ0v) is 21.8. The summed E-state index contributed by atoms with van der Waals surface area (Å²) in [7, 11) is 5.52. The Hall–Kier alpha value is -2.92. The van der Waals surface area contributed by atoms with Crippen LogP contribution in [-0.2, 0) is 0 Å². The van der Waals surface area contributed by atoms with Crippen LogP contribution in [0.25, 0.3) is 0 Å². The molecule has 0 aliphatic carbocycles. The predicted molar refractivity (Wildman–Crippen MR) is 140 cm³/mol. The fraction of sp³-hybridized carbons (Fsp3) is 0.357. The second-order valence-corrected chi connectivity index (χ2v) is 10.1. The Morgan fingerprint density at radius 2 is 0.970 bits per heavy atom. The van der Waals surface area contributed by atoms with E-state index in [0.29, 0.717) is 0 Å². The number of hydrogen-bond donors (Lipinski definition) is 0. The lowest BCUT2D eigenvalue weighted by atomic mass is 10.0. The summed E-state index contributed by atoms with van der Waals surface area (Å²) in [5.41, 5.74) is 8.86. The van der Waals surface area contributed by atoms with Gasteiger partial charge in [0.15, 0.2) is 0 Å². The zero-order chi connectivity index (χ0) is 24.5. The summed E-state index contributed by atoms with van der Waals surface area (Å²) < 4.78 is 19.9. The van der Waals surface area contributed by atoms with Crippen LogP contribution in [-0.4, -0.2) is 28.5 Å². The van der Waals surface area contributed by atoms with Gasteiger partial charge in [0.1, 0.15) is 22.9 Å². The van der Waals surface area contributed by atoms with Gasteiger partial charge in [-0.2, -0.15) is 0 Å². The molecular weight excluding hydrogens is 409 g/mol. The van der Waals surface area contributed by atoms with Gasteiger partial charge < -0.3 is 14.0 Å². The number of quaternary nitrogens is 1. The summed E-state index contributed by atoms with van der Waals surface area (Å²) >= 11 is 0. The molecule has 0 heterocycles. The Morgan fingerprint density at radius 3 is 1.33 bits per heavy atom. The Labute approximate surface area is 199 Å². The maximum absolute atomic E-state index is 6.38. The molecule has 0 radical (unpaired) electrons. The van der Waals surface area contributed by atoms with Gasteiger partial charge in [-0.25, -0.2) is 0 Å². The molecule has 0 saturated carbocycles. The van der Waals surface area contributed by atoms with Crippen molar-refractivity contribution >= 4 is 13.0 Å². The Kier molecular flexibility index (Phi) is 7.13. The molecule has 0 atom stereocenters. The Bertz CT molecular complexity index is 1060. The van der Waals surface area contributed by atoms with Gasteiger partial charge in [-0.15, -0.1) is 0 Å². The largest absolute Gasteiger partial charge is 0.864 e. The van der Waals surface area contributed by atoms with Gasteiger partial charge in [0.2, 0.25) is 0 Å². The van der Waals surface area contributed by atoms with Gasteiger partial charge in [-0.1, -0.05) is 35.4 Å². The summed E-state index contributed by atoms with van der Waals surface area (Å²) in [6, 6.07) is 14.7. The van der Waals surface area contributed by atoms with Crippen LogP contribution in [0.3, 0.4) is 0 Å². The third-order valence-electron chi connectivity index (χ3n) is 5.79. The highest BCUT2D eigenvalue weighted by Gasteiger charge is 2.33. The lowest BCUT2D eigenvalue weighted by Gasteiger charge is -2.25. The predicted octanol–water partition coefficient (Wildman–Crippen LogP) is 6.56. The van der Waals surface area contributed by atoms with E-state index in [1.54, 1.807) is 0 Å². The summed E-state index contributed by atoms with van der Waals surface area (Å²) in [5, 5.41) is 0. The molecule has 3 aromatic rings. The van der Waals surface area contributed by atoms with E-state index in [1.165, 1.54) is 16.8 Å². The van der Waals surface area contributed by atoms with Crippen LogP contribution < -0.4 is 18.4 Å². The van der Waals surface area contributed by atoms with Crippen molar-refractivity contribution in [1.29, 1.82) is 0 Å². The maximum atomic E-state index is 6.38. The number of rotatable bonds is 7. The molecular formula is C28H37BNO3+. The minimum Gasteiger partial charge on any atom is -0.489 e. The van der Waals surface area contributed by atoms with Crippen LogP contribution in [0.5, 0.6) is 17.2 Å². The van der Waals surface area contributed by atoms with Crippen LogP contribution >= 0.6 is 0 Å².